The molecule has 2 aliphatic carbocycles. The molecule has 1 unspecified atom stereocenters. The van der Waals surface area contributed by atoms with Crippen LogP contribution in [-0.2, 0) is 16.2 Å². The van der Waals surface area contributed by atoms with Gasteiger partial charge in [0.15, 0.2) is 0 Å². The Labute approximate surface area is 145 Å². The fourth-order valence-corrected chi connectivity index (χ4v) is 18.6. The summed E-state index contributed by atoms with van der Waals surface area (Å²) in [6.45, 7) is 4.45. The minimum absolute atomic E-state index is 0. The van der Waals surface area contributed by atoms with Gasteiger partial charge >= 0.3 is 122 Å². The van der Waals surface area contributed by atoms with Crippen LogP contribution < -0.4 is 0 Å². The predicted octanol–water partition coefficient (Wildman–Crippen LogP) is 5.27. The van der Waals surface area contributed by atoms with E-state index in [2.05, 4.69) is 68.4 Å². The van der Waals surface area contributed by atoms with Crippen molar-refractivity contribution in [3.63, 3.8) is 0 Å². The monoisotopic (exact) mass is 436 g/mol. The second kappa shape index (κ2) is 6.89. The molecule has 2 aliphatic rings. The van der Waals surface area contributed by atoms with Gasteiger partial charge in [0, 0.05) is 0 Å². The van der Waals surface area contributed by atoms with E-state index in [0.717, 1.165) is 10.5 Å². The van der Waals surface area contributed by atoms with Crippen molar-refractivity contribution in [3.8, 4) is 0 Å². The first-order chi connectivity index (χ1) is 9.05. The maximum absolute atomic E-state index is 7.48. The summed E-state index contributed by atoms with van der Waals surface area (Å²) in [5.74, 6) is 0. The predicted molar refractivity (Wildman–Crippen MR) is 99.4 cm³/mol. The van der Waals surface area contributed by atoms with Crippen molar-refractivity contribution in [2.75, 3.05) is 0 Å². The molecule has 0 nitrogen and oxygen atoms in total. The minimum Gasteiger partial charge on any atom is -0.147 e. The quantitative estimate of drug-likeness (QED) is 0.564. The Morgan fingerprint density at radius 2 is 2.00 bits per heavy atom. The van der Waals surface area contributed by atoms with Crippen LogP contribution in [-0.4, -0.2) is 6.88 Å². The maximum atomic E-state index is 7.48. The summed E-state index contributed by atoms with van der Waals surface area (Å²) in [4.78, 5) is 0. The Morgan fingerprint density at radius 1 is 1.29 bits per heavy atom. The van der Waals surface area contributed by atoms with E-state index in [1.807, 2.05) is 0 Å². The fraction of sp³-hybridized carbons (Fsp3) is 0.250. The van der Waals surface area contributed by atoms with E-state index >= 15 is 0 Å². The van der Waals surface area contributed by atoms with E-state index in [4.69, 9.17) is 8.51 Å². The van der Waals surface area contributed by atoms with Gasteiger partial charge in [-0.15, -0.1) is 24.8 Å². The molecule has 0 amide bonds. The second-order valence-corrected chi connectivity index (χ2v) is 36.4. The van der Waals surface area contributed by atoms with Gasteiger partial charge in [0.2, 0.25) is 0 Å². The Bertz CT molecular complexity index is 691. The fourth-order valence-electron chi connectivity index (χ4n) is 3.36. The van der Waals surface area contributed by atoms with Crippen LogP contribution in [0.4, 0.5) is 0 Å². The van der Waals surface area contributed by atoms with Gasteiger partial charge < -0.3 is 0 Å². The first kappa shape index (κ1) is 19.5. The zero-order chi connectivity index (χ0) is 13.5. The molecule has 0 saturated carbocycles. The molecule has 0 heterocycles. The number of rotatable bonds is 3. The number of allylic oxidation sites excluding steroid dienone is 5. The number of hydrogen-bond donors (Lipinski definition) is 0. The number of fused-ring (bicyclic) bond motifs is 1. The zero-order valence-electron chi connectivity index (χ0n) is 12.1. The average Bonchev–Trinajstić information content (AvgIpc) is 3.09. The third kappa shape index (κ3) is 3.08. The van der Waals surface area contributed by atoms with Gasteiger partial charge in [-0.05, 0) is 0 Å². The van der Waals surface area contributed by atoms with Crippen LogP contribution in [0.3, 0.4) is 0 Å². The van der Waals surface area contributed by atoms with Crippen LogP contribution in [0.1, 0.15) is 28.1 Å². The zero-order valence-corrected chi connectivity index (χ0v) is 18.4. The van der Waals surface area contributed by atoms with E-state index in [1.165, 1.54) is 11.1 Å². The molecule has 5 heteroatoms. The van der Waals surface area contributed by atoms with Gasteiger partial charge in [-0.2, -0.15) is 0 Å². The Hall–Kier alpha value is 0.410. The van der Waals surface area contributed by atoms with E-state index in [1.54, 1.807) is 3.28 Å². The van der Waals surface area contributed by atoms with Gasteiger partial charge in [0.1, 0.15) is 0 Å². The van der Waals surface area contributed by atoms with Crippen LogP contribution >= 0.6 is 33.3 Å². The molecule has 0 bridgehead atoms. The van der Waals surface area contributed by atoms with Crippen LogP contribution in [0.15, 0.2) is 51.9 Å². The van der Waals surface area contributed by atoms with Gasteiger partial charge in [-0.1, -0.05) is 0 Å². The first-order valence-corrected chi connectivity index (χ1v) is 20.4. The van der Waals surface area contributed by atoms with E-state index in [9.17, 15) is 0 Å². The summed E-state index contributed by atoms with van der Waals surface area (Å²) in [7, 11) is 7.48. The van der Waals surface area contributed by atoms with Crippen molar-refractivity contribution in [1.82, 2.24) is 0 Å². The number of benzene rings is 1. The molecule has 114 valence electrons. The third-order valence-electron chi connectivity index (χ3n) is 4.81. The van der Waals surface area contributed by atoms with Crippen LogP contribution in [0.25, 0.3) is 6.08 Å². The summed E-state index contributed by atoms with van der Waals surface area (Å²) < 4.78 is 3.15. The molecule has 1 aromatic carbocycles. The molecule has 0 radical (unpaired) electrons. The molecule has 1 atom stereocenters. The summed E-state index contributed by atoms with van der Waals surface area (Å²) in [6.07, 6.45) is 12.4. The maximum Gasteiger partial charge on any atom is -0.147 e. The minimum atomic E-state index is -3.41. The normalized spacial score (nSPS) is 19.6. The molecule has 0 N–H and O–H groups in total. The third-order valence-corrected chi connectivity index (χ3v) is 30.6. The summed E-state index contributed by atoms with van der Waals surface area (Å²) in [5, 5.41) is 0. The van der Waals surface area contributed by atoms with Crippen LogP contribution in [0, 0.1) is 0 Å². The summed E-state index contributed by atoms with van der Waals surface area (Å²) >= 11 is -3.41. The van der Waals surface area contributed by atoms with Gasteiger partial charge in [-0.3, -0.25) is 0 Å². The van der Waals surface area contributed by atoms with Crippen molar-refractivity contribution in [2.45, 2.75) is 21.1 Å². The number of halogens is 3. The molecule has 0 saturated heterocycles. The molecule has 0 fully saturated rings. The molecule has 1 aromatic rings. The average molecular weight is 439 g/mol. The molecule has 21 heavy (non-hydrogen) atoms. The van der Waals surface area contributed by atoms with Crippen molar-refractivity contribution in [1.29, 1.82) is 0 Å². The van der Waals surface area contributed by atoms with Crippen LogP contribution in [0.2, 0.25) is 4.13 Å². The van der Waals surface area contributed by atoms with Crippen molar-refractivity contribution in [2.24, 2.45) is 0 Å². The molecular weight excluding hydrogens is 418 g/mol. The largest absolute Gasteiger partial charge is 0.147 e. The van der Waals surface area contributed by atoms with Crippen molar-refractivity contribution in [3.05, 3.63) is 63.0 Å². The molecular formula is C16H21Cl3SiZr. The Balaban J connectivity index is 0.00000110. The molecule has 0 spiro atoms. The van der Waals surface area contributed by atoms with Gasteiger partial charge in [0.05, 0.1) is 0 Å². The summed E-state index contributed by atoms with van der Waals surface area (Å²) in [5.41, 5.74) is 2.81. The van der Waals surface area contributed by atoms with Gasteiger partial charge in [-0.25, -0.2) is 0 Å². The SMILES string of the molecule is C[CH2][Zr](=[SiH2])([Cl])([C]1=CC=CC1)[CH]1C=Cc2ccccc21.Cl.Cl. The Morgan fingerprint density at radius 3 is 2.62 bits per heavy atom. The van der Waals surface area contributed by atoms with E-state index < -0.39 is 16.2 Å². The summed E-state index contributed by atoms with van der Waals surface area (Å²) in [6, 6.07) is 8.73. The van der Waals surface area contributed by atoms with Crippen molar-refractivity contribution >= 4 is 46.3 Å². The smallest absolute Gasteiger partial charge is 0.147 e. The van der Waals surface area contributed by atoms with E-state index in [-0.39, 0.29) is 24.8 Å². The Kier molecular flexibility index (Phi) is 6.38. The number of hydrogen-bond acceptors (Lipinski definition) is 0. The first-order valence-electron chi connectivity index (χ1n) is 6.93. The second-order valence-electron chi connectivity index (χ2n) is 5.77. The van der Waals surface area contributed by atoms with Crippen molar-refractivity contribution < 1.29 is 16.2 Å². The molecule has 0 aromatic heterocycles. The van der Waals surface area contributed by atoms with E-state index in [0.29, 0.717) is 3.63 Å². The van der Waals surface area contributed by atoms with Gasteiger partial charge in [0.25, 0.3) is 0 Å². The molecule has 0 aliphatic heterocycles. The topological polar surface area (TPSA) is 0 Å². The van der Waals surface area contributed by atoms with Crippen LogP contribution in [0.5, 0.6) is 0 Å². The molecule has 3 rings (SSSR count). The standard InChI is InChI=1S/C9H7.C5H5.C2H5.3ClH.H2Si.Zr/c1-2-5-9-7-3-6-8(9)4-1;1-2-4-5-3-1;1-2;;;;;/h1-7H;1-3H,4H2;1H2,2H3;3*1H;1H2;/q;;;;;;;+1/p-1.